The van der Waals surface area contributed by atoms with Crippen LogP contribution in [0.25, 0.3) is 15.4 Å². The van der Waals surface area contributed by atoms with Crippen LogP contribution in [0.2, 0.25) is 0 Å². The molecule has 2 fully saturated rings. The summed E-state index contributed by atoms with van der Waals surface area (Å²) in [5.74, 6) is -1.21. The number of aliphatic carboxylic acids is 1. The molecule has 17 heteroatoms. The summed E-state index contributed by atoms with van der Waals surface area (Å²) >= 11 is 3.19. The van der Waals surface area contributed by atoms with Crippen molar-refractivity contribution in [1.82, 2.24) is 35.3 Å². The highest BCUT2D eigenvalue weighted by molar-refractivity contribution is 7.15. The maximum absolute atomic E-state index is 14.4. The first-order valence-corrected chi connectivity index (χ1v) is 23.4. The molecule has 3 aromatic heterocycles. The van der Waals surface area contributed by atoms with Crippen LogP contribution in [0.5, 0.6) is 0 Å². The van der Waals surface area contributed by atoms with Crippen LogP contribution in [-0.4, -0.2) is 102 Å². The lowest BCUT2D eigenvalue weighted by Crippen LogP contribution is -2.58. The zero-order chi connectivity index (χ0) is 45.8. The number of hydrogen-bond acceptors (Lipinski definition) is 12. The van der Waals surface area contributed by atoms with Crippen molar-refractivity contribution in [2.45, 2.75) is 105 Å². The second-order valence-corrected chi connectivity index (χ2v) is 20.4. The summed E-state index contributed by atoms with van der Waals surface area (Å²) in [6.45, 7) is 16.5. The Morgan fingerprint density at radius 3 is 2.28 bits per heavy atom. The van der Waals surface area contributed by atoms with E-state index in [1.165, 1.54) is 4.90 Å². The molecule has 0 radical (unpaired) electrons. The molecule has 6 atom stereocenters. The number of anilines is 1. The number of β-amino-alcohol motifs (C(OH)–C–C–N with tert-alkyl or cyclic N) is 1. The summed E-state index contributed by atoms with van der Waals surface area (Å²) in [6.07, 6.45) is -0.435. The summed E-state index contributed by atoms with van der Waals surface area (Å²) < 4.78 is 1.93. The predicted molar refractivity (Wildman–Crippen MR) is 247 cm³/mol. The molecule has 0 bridgehead atoms. The van der Waals surface area contributed by atoms with Gasteiger partial charge in [0.05, 0.1) is 46.3 Å². The van der Waals surface area contributed by atoms with Crippen molar-refractivity contribution in [2.75, 3.05) is 24.5 Å². The highest BCUT2D eigenvalue weighted by Gasteiger charge is 2.45. The fourth-order valence-corrected chi connectivity index (χ4v) is 11.0. The van der Waals surface area contributed by atoms with Crippen molar-refractivity contribution in [3.63, 3.8) is 0 Å². The van der Waals surface area contributed by atoms with Crippen LogP contribution in [0.1, 0.15) is 104 Å². The molecule has 8 rings (SSSR count). The number of aliphatic hydroxyl groups is 1. The van der Waals surface area contributed by atoms with Crippen LogP contribution in [0.4, 0.5) is 5.69 Å². The molecule has 3 aliphatic rings. The second-order valence-electron chi connectivity index (χ2n) is 18.3. The number of nitrogens with zero attached hydrogens (tertiary/aromatic N) is 7. The van der Waals surface area contributed by atoms with E-state index in [4.69, 9.17) is 4.99 Å². The highest BCUT2D eigenvalue weighted by Crippen LogP contribution is 2.40. The topological polar surface area (TPSA) is 195 Å². The van der Waals surface area contributed by atoms with Gasteiger partial charge in [0, 0.05) is 47.7 Å². The molecular formula is C47H55N9O6S2. The van der Waals surface area contributed by atoms with Gasteiger partial charge in [0.25, 0.3) is 0 Å². The number of thiophene rings is 1. The minimum atomic E-state index is -0.979. The molecule has 6 heterocycles. The van der Waals surface area contributed by atoms with E-state index in [1.807, 2.05) is 100 Å². The molecule has 3 amide bonds. The standard InChI is InChI=1S/C47H55N9O6S2/c1-24-27(4)64-46-38(24)39(50-35(20-37(58)59)42-53-52-28(5)56(42)46)30-13-15-33(16-14-30)54-18-17-32(21-54)43(60)51-41(47(6,7)8)45(62)55-22-34(57)19-36(55)44(61)49-25(2)29-9-11-31(12-10-29)40-26(3)48-23-63-40/h9-16,23,25,32,34-36,41,57H,17-22H2,1-8H3,(H,49,61)(H,51,60)(H,58,59)/t25-,32-,34+,35-,36-,41+/m0/s1. The van der Waals surface area contributed by atoms with Gasteiger partial charge >= 0.3 is 5.97 Å². The molecule has 0 spiro atoms. The molecule has 2 aromatic carbocycles. The lowest BCUT2D eigenvalue weighted by Gasteiger charge is -2.36. The normalized spacial score (nSPS) is 20.5. The van der Waals surface area contributed by atoms with E-state index in [1.54, 1.807) is 22.7 Å². The monoisotopic (exact) mass is 905 g/mol. The minimum absolute atomic E-state index is 0.00963. The van der Waals surface area contributed by atoms with Gasteiger partial charge in [0.1, 0.15) is 29.0 Å². The van der Waals surface area contributed by atoms with Gasteiger partial charge in [-0.15, -0.1) is 32.9 Å². The second kappa shape index (κ2) is 17.7. The van der Waals surface area contributed by atoms with Crippen molar-refractivity contribution < 1.29 is 29.4 Å². The van der Waals surface area contributed by atoms with Crippen LogP contribution >= 0.6 is 22.7 Å². The number of hydrogen-bond donors (Lipinski definition) is 4. The van der Waals surface area contributed by atoms with Crippen LogP contribution in [0.3, 0.4) is 0 Å². The number of nitrogens with one attached hydrogen (secondary N) is 2. The number of carbonyl (C=O) groups excluding carboxylic acids is 3. The van der Waals surface area contributed by atoms with E-state index in [0.29, 0.717) is 36.9 Å². The number of benzene rings is 2. The number of amides is 3. The van der Waals surface area contributed by atoms with Crippen LogP contribution < -0.4 is 15.5 Å². The molecule has 0 aliphatic carbocycles. The molecule has 64 heavy (non-hydrogen) atoms. The Labute approximate surface area is 380 Å². The molecule has 0 unspecified atom stereocenters. The van der Waals surface area contributed by atoms with Crippen LogP contribution in [0, 0.1) is 39.0 Å². The molecule has 3 aliphatic heterocycles. The van der Waals surface area contributed by atoms with E-state index in [2.05, 4.69) is 44.6 Å². The van der Waals surface area contributed by atoms with Crippen molar-refractivity contribution in [1.29, 1.82) is 0 Å². The summed E-state index contributed by atoms with van der Waals surface area (Å²) in [5, 5.41) is 36.3. The Hall–Kier alpha value is -5.78. The first-order valence-electron chi connectivity index (χ1n) is 21.7. The van der Waals surface area contributed by atoms with Gasteiger partial charge in [-0.3, -0.25) is 28.7 Å². The van der Waals surface area contributed by atoms with Gasteiger partial charge < -0.3 is 30.6 Å². The van der Waals surface area contributed by atoms with Gasteiger partial charge in [0.2, 0.25) is 17.7 Å². The maximum atomic E-state index is 14.4. The number of aromatic nitrogens is 4. The van der Waals surface area contributed by atoms with E-state index >= 15 is 0 Å². The fourth-order valence-electron chi connectivity index (χ4n) is 9.00. The number of aliphatic hydroxyl groups excluding tert-OH is 1. The Balaban J connectivity index is 0.938. The Morgan fingerprint density at radius 1 is 0.922 bits per heavy atom. The van der Waals surface area contributed by atoms with Gasteiger partial charge in [0.15, 0.2) is 5.82 Å². The van der Waals surface area contributed by atoms with Crippen LogP contribution in [0.15, 0.2) is 59.0 Å². The molecule has 336 valence electrons. The lowest BCUT2D eigenvalue weighted by atomic mass is 9.85. The number of rotatable bonds is 11. The zero-order valence-electron chi connectivity index (χ0n) is 37.4. The van der Waals surface area contributed by atoms with E-state index in [-0.39, 0.29) is 37.2 Å². The van der Waals surface area contributed by atoms with Crippen molar-refractivity contribution >= 4 is 57.8 Å². The molecule has 15 nitrogen and oxygen atoms in total. The molecular weight excluding hydrogens is 851 g/mol. The Kier molecular flexibility index (Phi) is 12.4. The summed E-state index contributed by atoms with van der Waals surface area (Å²) in [6, 6.07) is 13.0. The summed E-state index contributed by atoms with van der Waals surface area (Å²) in [5.41, 5.74) is 8.49. The number of carbonyl (C=O) groups is 4. The zero-order valence-corrected chi connectivity index (χ0v) is 39.0. The predicted octanol–water partition coefficient (Wildman–Crippen LogP) is 6.25. The minimum Gasteiger partial charge on any atom is -0.481 e. The van der Waals surface area contributed by atoms with Crippen molar-refractivity contribution in [3.05, 3.63) is 98.5 Å². The fraction of sp³-hybridized carbons (Fsp3) is 0.447. The molecule has 4 N–H and O–H groups in total. The van der Waals surface area contributed by atoms with E-state index in [0.717, 1.165) is 54.0 Å². The number of carboxylic acids is 1. The average Bonchev–Trinajstić information content (AvgIpc) is 4.10. The van der Waals surface area contributed by atoms with Crippen molar-refractivity contribution in [3.8, 4) is 15.4 Å². The third kappa shape index (κ3) is 8.72. The van der Waals surface area contributed by atoms with Gasteiger partial charge in [-0.05, 0) is 75.3 Å². The third-order valence-electron chi connectivity index (χ3n) is 12.7. The van der Waals surface area contributed by atoms with E-state index in [9.17, 15) is 29.4 Å². The van der Waals surface area contributed by atoms with Gasteiger partial charge in [-0.1, -0.05) is 57.2 Å². The quantitative estimate of drug-likeness (QED) is 0.118. The largest absolute Gasteiger partial charge is 0.481 e. The average molecular weight is 906 g/mol. The van der Waals surface area contributed by atoms with E-state index < -0.39 is 47.4 Å². The number of fused-ring (bicyclic) bond motifs is 3. The maximum Gasteiger partial charge on any atom is 0.306 e. The Morgan fingerprint density at radius 2 is 1.62 bits per heavy atom. The SMILES string of the molecule is Cc1ncsc1-c1ccc([C@H](C)NC(=O)[C@@H]2C[C@@H](O)CN2C(=O)[C@@H](NC(=O)[C@H]2CCN(c3ccc(C4=N[C@@H](CC(=O)O)c5nnc(C)n5-c5sc(C)c(C)c54)cc3)C2)C(C)(C)C)cc1. The molecule has 0 saturated carbocycles. The Bertz CT molecular complexity index is 2630. The molecule has 2 saturated heterocycles. The third-order valence-corrected chi connectivity index (χ3v) is 14.9. The lowest BCUT2D eigenvalue weighted by molar-refractivity contribution is -0.144. The number of carboxylic acid groups (broad SMARTS) is 1. The number of likely N-dealkylation sites (tertiary alicyclic amines) is 1. The highest BCUT2D eigenvalue weighted by atomic mass is 32.1. The number of aliphatic imine (C=N–C) groups is 1. The van der Waals surface area contributed by atoms with Gasteiger partial charge in [-0.2, -0.15) is 0 Å². The number of aryl methyl sites for hydroxylation is 3. The summed E-state index contributed by atoms with van der Waals surface area (Å²) in [4.78, 5) is 69.4. The number of thiazole rings is 1. The first-order chi connectivity index (χ1) is 30.4. The van der Waals surface area contributed by atoms with Gasteiger partial charge in [-0.25, -0.2) is 4.98 Å². The molecule has 5 aromatic rings. The smallest absolute Gasteiger partial charge is 0.306 e. The first kappa shape index (κ1) is 44.8. The van der Waals surface area contributed by atoms with Crippen LogP contribution in [-0.2, 0) is 19.2 Å². The summed E-state index contributed by atoms with van der Waals surface area (Å²) in [7, 11) is 0. The van der Waals surface area contributed by atoms with Crippen molar-refractivity contribution in [2.24, 2.45) is 16.3 Å².